The Labute approximate surface area is 121 Å². The first kappa shape index (κ1) is 14.9. The number of anilines is 1. The number of amides is 1. The highest BCUT2D eigenvalue weighted by Gasteiger charge is 2.23. The summed E-state index contributed by atoms with van der Waals surface area (Å²) in [6.45, 7) is 9.27. The first-order valence-corrected chi connectivity index (χ1v) is 7.49. The van der Waals surface area contributed by atoms with Crippen LogP contribution in [-0.4, -0.2) is 42.5 Å². The summed E-state index contributed by atoms with van der Waals surface area (Å²) in [5.41, 5.74) is 1.75. The van der Waals surface area contributed by atoms with E-state index < -0.39 is 0 Å². The SMILES string of the molecule is CCNC(=O)c1cccc(NC2CCN(C(C)C)C2)c1. The molecule has 2 rings (SSSR count). The molecule has 1 heterocycles. The number of carbonyl (C=O) groups is 1. The summed E-state index contributed by atoms with van der Waals surface area (Å²) < 4.78 is 0. The average molecular weight is 275 g/mol. The Hall–Kier alpha value is -1.55. The van der Waals surface area contributed by atoms with Gasteiger partial charge < -0.3 is 10.6 Å². The van der Waals surface area contributed by atoms with Crippen molar-refractivity contribution < 1.29 is 4.79 Å². The fourth-order valence-corrected chi connectivity index (χ4v) is 2.62. The predicted molar refractivity (Wildman–Crippen MR) is 83.2 cm³/mol. The van der Waals surface area contributed by atoms with Crippen LogP contribution in [0.1, 0.15) is 37.6 Å². The number of likely N-dealkylation sites (tertiary alicyclic amines) is 1. The van der Waals surface area contributed by atoms with E-state index in [4.69, 9.17) is 0 Å². The zero-order valence-corrected chi connectivity index (χ0v) is 12.6. The molecule has 1 aliphatic heterocycles. The maximum absolute atomic E-state index is 11.8. The van der Waals surface area contributed by atoms with E-state index in [9.17, 15) is 4.79 Å². The van der Waals surface area contributed by atoms with Crippen molar-refractivity contribution >= 4 is 11.6 Å². The third kappa shape index (κ3) is 3.73. The van der Waals surface area contributed by atoms with E-state index in [1.54, 1.807) is 0 Å². The van der Waals surface area contributed by atoms with E-state index in [-0.39, 0.29) is 5.91 Å². The molecule has 1 atom stereocenters. The van der Waals surface area contributed by atoms with Crippen molar-refractivity contribution in [3.8, 4) is 0 Å². The van der Waals surface area contributed by atoms with Crippen LogP contribution in [0.3, 0.4) is 0 Å². The summed E-state index contributed by atoms with van der Waals surface area (Å²) in [6.07, 6.45) is 1.16. The molecule has 1 amide bonds. The van der Waals surface area contributed by atoms with Gasteiger partial charge in [-0.25, -0.2) is 0 Å². The van der Waals surface area contributed by atoms with E-state index in [2.05, 4.69) is 29.4 Å². The van der Waals surface area contributed by atoms with Crippen LogP contribution in [0.5, 0.6) is 0 Å². The van der Waals surface area contributed by atoms with Crippen molar-refractivity contribution in [2.75, 3.05) is 25.0 Å². The summed E-state index contributed by atoms with van der Waals surface area (Å²) in [5.74, 6) is -0.00798. The van der Waals surface area contributed by atoms with E-state index in [0.29, 0.717) is 18.6 Å². The molecule has 1 saturated heterocycles. The number of carbonyl (C=O) groups excluding carboxylic acids is 1. The molecule has 4 heteroatoms. The van der Waals surface area contributed by atoms with Crippen LogP contribution >= 0.6 is 0 Å². The van der Waals surface area contributed by atoms with Gasteiger partial charge in [0.05, 0.1) is 0 Å². The Morgan fingerprint density at radius 1 is 1.45 bits per heavy atom. The monoisotopic (exact) mass is 275 g/mol. The number of hydrogen-bond acceptors (Lipinski definition) is 3. The van der Waals surface area contributed by atoms with E-state index >= 15 is 0 Å². The molecule has 0 radical (unpaired) electrons. The molecule has 4 nitrogen and oxygen atoms in total. The van der Waals surface area contributed by atoms with E-state index in [1.807, 2.05) is 31.2 Å². The van der Waals surface area contributed by atoms with Crippen molar-refractivity contribution in [3.05, 3.63) is 29.8 Å². The molecular weight excluding hydrogens is 250 g/mol. The van der Waals surface area contributed by atoms with Gasteiger partial charge in [0.2, 0.25) is 0 Å². The lowest BCUT2D eigenvalue weighted by atomic mass is 10.1. The van der Waals surface area contributed by atoms with Gasteiger partial charge in [-0.15, -0.1) is 0 Å². The summed E-state index contributed by atoms with van der Waals surface area (Å²) in [4.78, 5) is 14.3. The summed E-state index contributed by atoms with van der Waals surface area (Å²) in [7, 11) is 0. The van der Waals surface area contributed by atoms with Crippen LogP contribution in [-0.2, 0) is 0 Å². The zero-order valence-electron chi connectivity index (χ0n) is 12.6. The second-order valence-electron chi connectivity index (χ2n) is 5.66. The van der Waals surface area contributed by atoms with Crippen LogP contribution in [0.15, 0.2) is 24.3 Å². The molecule has 110 valence electrons. The Morgan fingerprint density at radius 2 is 2.25 bits per heavy atom. The minimum absolute atomic E-state index is 0.00798. The maximum atomic E-state index is 11.8. The number of hydrogen-bond donors (Lipinski definition) is 2. The van der Waals surface area contributed by atoms with Crippen molar-refractivity contribution in [1.82, 2.24) is 10.2 Å². The van der Waals surface area contributed by atoms with Gasteiger partial charge in [0, 0.05) is 43.0 Å². The highest BCUT2D eigenvalue weighted by molar-refractivity contribution is 5.95. The van der Waals surface area contributed by atoms with E-state index in [0.717, 1.165) is 30.8 Å². The van der Waals surface area contributed by atoms with Crippen molar-refractivity contribution in [2.24, 2.45) is 0 Å². The quantitative estimate of drug-likeness (QED) is 0.867. The van der Waals surface area contributed by atoms with E-state index in [1.165, 1.54) is 0 Å². The van der Waals surface area contributed by atoms with Crippen LogP contribution in [0.2, 0.25) is 0 Å². The Balaban J connectivity index is 1.97. The maximum Gasteiger partial charge on any atom is 0.251 e. The second-order valence-corrected chi connectivity index (χ2v) is 5.66. The Bertz CT molecular complexity index is 459. The molecule has 1 unspecified atom stereocenters. The molecule has 1 fully saturated rings. The molecule has 1 aromatic rings. The number of benzene rings is 1. The minimum Gasteiger partial charge on any atom is -0.381 e. The molecule has 20 heavy (non-hydrogen) atoms. The average Bonchev–Trinajstić information content (AvgIpc) is 2.88. The summed E-state index contributed by atoms with van der Waals surface area (Å²) in [5, 5.41) is 6.37. The first-order valence-electron chi connectivity index (χ1n) is 7.49. The molecule has 0 spiro atoms. The normalized spacial score (nSPS) is 19.3. The smallest absolute Gasteiger partial charge is 0.251 e. The largest absolute Gasteiger partial charge is 0.381 e. The van der Waals surface area contributed by atoms with Crippen LogP contribution in [0.25, 0.3) is 0 Å². The van der Waals surface area contributed by atoms with Gasteiger partial charge in [0.1, 0.15) is 0 Å². The minimum atomic E-state index is -0.00798. The Morgan fingerprint density at radius 3 is 2.90 bits per heavy atom. The molecule has 2 N–H and O–H groups in total. The van der Waals surface area contributed by atoms with Crippen LogP contribution < -0.4 is 10.6 Å². The van der Waals surface area contributed by atoms with Gasteiger partial charge in [-0.1, -0.05) is 6.07 Å². The lowest BCUT2D eigenvalue weighted by Gasteiger charge is -2.21. The third-order valence-electron chi connectivity index (χ3n) is 3.78. The lowest BCUT2D eigenvalue weighted by Crippen LogP contribution is -2.31. The highest BCUT2D eigenvalue weighted by Crippen LogP contribution is 2.18. The standard InChI is InChI=1S/C16H25N3O/c1-4-17-16(20)13-6-5-7-14(10-13)18-15-8-9-19(11-15)12(2)3/h5-7,10,12,15,18H,4,8-9,11H2,1-3H3,(H,17,20). The van der Waals surface area contributed by atoms with Crippen LogP contribution in [0, 0.1) is 0 Å². The molecule has 0 aromatic heterocycles. The summed E-state index contributed by atoms with van der Waals surface area (Å²) in [6, 6.07) is 8.82. The zero-order chi connectivity index (χ0) is 14.5. The van der Waals surface area contributed by atoms with Gasteiger partial charge in [0.25, 0.3) is 5.91 Å². The van der Waals surface area contributed by atoms with Crippen LogP contribution in [0.4, 0.5) is 5.69 Å². The van der Waals surface area contributed by atoms with Gasteiger partial charge in [-0.2, -0.15) is 0 Å². The number of nitrogens with zero attached hydrogens (tertiary/aromatic N) is 1. The fraction of sp³-hybridized carbons (Fsp3) is 0.562. The predicted octanol–water partition coefficient (Wildman–Crippen LogP) is 2.33. The van der Waals surface area contributed by atoms with Gasteiger partial charge in [0.15, 0.2) is 0 Å². The fourth-order valence-electron chi connectivity index (χ4n) is 2.62. The molecular formula is C16H25N3O. The first-order chi connectivity index (χ1) is 9.60. The van der Waals surface area contributed by atoms with Crippen molar-refractivity contribution in [3.63, 3.8) is 0 Å². The Kier molecular flexibility index (Phi) is 5.01. The van der Waals surface area contributed by atoms with Crippen molar-refractivity contribution in [2.45, 2.75) is 39.3 Å². The third-order valence-corrected chi connectivity index (χ3v) is 3.78. The molecule has 0 aliphatic carbocycles. The molecule has 1 aliphatic rings. The lowest BCUT2D eigenvalue weighted by molar-refractivity contribution is 0.0956. The molecule has 0 saturated carbocycles. The highest BCUT2D eigenvalue weighted by atomic mass is 16.1. The number of rotatable bonds is 5. The molecule has 1 aromatic carbocycles. The van der Waals surface area contributed by atoms with Gasteiger partial charge in [-0.05, 0) is 45.4 Å². The molecule has 0 bridgehead atoms. The number of nitrogens with one attached hydrogen (secondary N) is 2. The van der Waals surface area contributed by atoms with Gasteiger partial charge >= 0.3 is 0 Å². The van der Waals surface area contributed by atoms with Gasteiger partial charge in [-0.3, -0.25) is 9.69 Å². The second kappa shape index (κ2) is 6.75. The summed E-state index contributed by atoms with van der Waals surface area (Å²) >= 11 is 0. The topological polar surface area (TPSA) is 44.4 Å². The van der Waals surface area contributed by atoms with Crippen molar-refractivity contribution in [1.29, 1.82) is 0 Å².